The zero-order valence-electron chi connectivity index (χ0n) is 15.7. The lowest BCUT2D eigenvalue weighted by Gasteiger charge is -2.26. The highest BCUT2D eigenvalue weighted by molar-refractivity contribution is 5.94. The van der Waals surface area contributed by atoms with Crippen LogP contribution in [0, 0.1) is 13.8 Å². The highest BCUT2D eigenvalue weighted by Gasteiger charge is 2.39. The maximum Gasteiger partial charge on any atom is 0.340 e. The number of nitrogens with two attached hydrogens (primary N) is 1. The summed E-state index contributed by atoms with van der Waals surface area (Å²) in [5, 5.41) is 7.67. The average molecular weight is 381 g/mol. The Morgan fingerprint density at radius 3 is 2.86 bits per heavy atom. The first kappa shape index (κ1) is 17.8. The van der Waals surface area contributed by atoms with Crippen molar-refractivity contribution in [1.29, 1.82) is 0 Å². The lowest BCUT2D eigenvalue weighted by molar-refractivity contribution is -0.139. The number of aromatic amines is 1. The number of esters is 1. The Morgan fingerprint density at radius 2 is 2.11 bits per heavy atom. The van der Waals surface area contributed by atoms with Crippen LogP contribution in [0.1, 0.15) is 35.2 Å². The van der Waals surface area contributed by atoms with Crippen molar-refractivity contribution < 1.29 is 18.7 Å². The third kappa shape index (κ3) is 2.74. The van der Waals surface area contributed by atoms with E-state index in [1.807, 2.05) is 26.0 Å². The van der Waals surface area contributed by atoms with Gasteiger partial charge in [0.2, 0.25) is 11.8 Å². The van der Waals surface area contributed by atoms with Crippen LogP contribution in [-0.4, -0.2) is 22.8 Å². The van der Waals surface area contributed by atoms with Gasteiger partial charge in [0, 0.05) is 22.7 Å². The van der Waals surface area contributed by atoms with Crippen LogP contribution in [0.4, 0.5) is 0 Å². The normalized spacial score (nSPS) is 16.0. The van der Waals surface area contributed by atoms with Gasteiger partial charge >= 0.3 is 11.6 Å². The van der Waals surface area contributed by atoms with Gasteiger partial charge in [-0.05, 0) is 38.0 Å². The molecular formula is C20H19N3O5. The van der Waals surface area contributed by atoms with E-state index in [-0.39, 0.29) is 23.9 Å². The minimum absolute atomic E-state index is 0.101. The van der Waals surface area contributed by atoms with Gasteiger partial charge in [0.1, 0.15) is 11.2 Å². The maximum absolute atomic E-state index is 12.7. The number of rotatable bonds is 3. The molecule has 0 fully saturated rings. The van der Waals surface area contributed by atoms with E-state index in [1.165, 1.54) is 6.07 Å². The molecule has 0 saturated heterocycles. The van der Waals surface area contributed by atoms with Gasteiger partial charge in [0.15, 0.2) is 0 Å². The second-order valence-corrected chi connectivity index (χ2v) is 6.62. The van der Waals surface area contributed by atoms with E-state index in [2.05, 4.69) is 10.2 Å². The molecule has 3 heterocycles. The summed E-state index contributed by atoms with van der Waals surface area (Å²) < 4.78 is 16.1. The molecule has 1 unspecified atom stereocenters. The number of ether oxygens (including phenoxy) is 2. The van der Waals surface area contributed by atoms with Crippen molar-refractivity contribution in [2.75, 3.05) is 6.61 Å². The summed E-state index contributed by atoms with van der Waals surface area (Å²) in [5.41, 5.74) is 8.95. The molecule has 0 spiro atoms. The van der Waals surface area contributed by atoms with Gasteiger partial charge < -0.3 is 19.6 Å². The molecule has 144 valence electrons. The van der Waals surface area contributed by atoms with Crippen molar-refractivity contribution >= 4 is 16.9 Å². The van der Waals surface area contributed by atoms with Crippen LogP contribution in [0.25, 0.3) is 11.0 Å². The van der Waals surface area contributed by atoms with E-state index in [0.717, 1.165) is 5.56 Å². The molecule has 1 aliphatic heterocycles. The Bertz CT molecular complexity index is 1190. The molecule has 28 heavy (non-hydrogen) atoms. The minimum Gasteiger partial charge on any atom is -0.462 e. The molecule has 0 amide bonds. The van der Waals surface area contributed by atoms with E-state index in [1.54, 1.807) is 13.0 Å². The van der Waals surface area contributed by atoms with Crippen LogP contribution in [0.3, 0.4) is 0 Å². The molecule has 0 bridgehead atoms. The third-order valence-corrected chi connectivity index (χ3v) is 4.75. The number of benzene rings is 1. The van der Waals surface area contributed by atoms with Gasteiger partial charge in [-0.25, -0.2) is 9.59 Å². The fourth-order valence-corrected chi connectivity index (χ4v) is 3.55. The predicted molar refractivity (Wildman–Crippen MR) is 101 cm³/mol. The smallest absolute Gasteiger partial charge is 0.340 e. The van der Waals surface area contributed by atoms with Crippen molar-refractivity contribution in [3.8, 4) is 5.88 Å². The number of hydrogen-bond acceptors (Lipinski definition) is 7. The van der Waals surface area contributed by atoms with Crippen LogP contribution in [-0.2, 0) is 9.53 Å². The summed E-state index contributed by atoms with van der Waals surface area (Å²) in [4.78, 5) is 25.0. The predicted octanol–water partition coefficient (Wildman–Crippen LogP) is 2.39. The zero-order chi connectivity index (χ0) is 20.0. The van der Waals surface area contributed by atoms with E-state index in [0.29, 0.717) is 27.8 Å². The second kappa shape index (κ2) is 6.56. The summed E-state index contributed by atoms with van der Waals surface area (Å²) in [5.74, 6) is -1.13. The number of H-pyrrole nitrogens is 1. The minimum atomic E-state index is -0.684. The number of nitrogens with zero attached hydrogens (tertiary/aromatic N) is 1. The Hall–Kier alpha value is -3.55. The first-order valence-corrected chi connectivity index (χ1v) is 8.84. The third-order valence-electron chi connectivity index (χ3n) is 4.75. The van der Waals surface area contributed by atoms with Crippen LogP contribution in [0.2, 0.25) is 0 Å². The Labute approximate surface area is 159 Å². The summed E-state index contributed by atoms with van der Waals surface area (Å²) in [7, 11) is 0. The Morgan fingerprint density at radius 1 is 1.32 bits per heavy atom. The van der Waals surface area contributed by atoms with E-state index >= 15 is 0 Å². The lowest BCUT2D eigenvalue weighted by atomic mass is 9.82. The summed E-state index contributed by atoms with van der Waals surface area (Å²) >= 11 is 0. The zero-order valence-corrected chi connectivity index (χ0v) is 15.7. The van der Waals surface area contributed by atoms with E-state index < -0.39 is 17.5 Å². The number of hydrogen-bond donors (Lipinski definition) is 2. The molecule has 3 aromatic rings. The van der Waals surface area contributed by atoms with Gasteiger partial charge in [-0.15, -0.1) is 5.10 Å². The second-order valence-electron chi connectivity index (χ2n) is 6.62. The molecule has 2 aromatic heterocycles. The van der Waals surface area contributed by atoms with E-state index in [4.69, 9.17) is 19.6 Å². The highest BCUT2D eigenvalue weighted by Crippen LogP contribution is 2.44. The first-order valence-electron chi connectivity index (χ1n) is 8.84. The molecule has 8 nitrogen and oxygen atoms in total. The summed E-state index contributed by atoms with van der Waals surface area (Å²) in [6.07, 6.45) is 0. The monoisotopic (exact) mass is 381 g/mol. The molecule has 0 radical (unpaired) electrons. The number of nitrogens with one attached hydrogen (secondary N) is 1. The van der Waals surface area contributed by atoms with Crippen molar-refractivity contribution in [2.24, 2.45) is 5.73 Å². The quantitative estimate of drug-likeness (QED) is 0.528. The van der Waals surface area contributed by atoms with Crippen molar-refractivity contribution in [3.63, 3.8) is 0 Å². The van der Waals surface area contributed by atoms with Gasteiger partial charge in [0.25, 0.3) is 0 Å². The Balaban J connectivity index is 2.05. The fraction of sp³-hybridized carbons (Fsp3) is 0.250. The molecule has 0 aliphatic carbocycles. The number of aromatic nitrogens is 2. The van der Waals surface area contributed by atoms with Crippen molar-refractivity contribution in [2.45, 2.75) is 26.7 Å². The van der Waals surface area contributed by atoms with Crippen LogP contribution >= 0.6 is 0 Å². The fourth-order valence-electron chi connectivity index (χ4n) is 3.55. The first-order chi connectivity index (χ1) is 13.4. The standard InChI is InChI=1S/C20H19N3O5/c1-4-26-20(25)17-16(15-10(3)22-23-19(15)28-18(17)21)12-8-14(24)27-13-7-9(2)5-6-11(12)13/h5-8,16H,4,21H2,1-3H3,(H,22,23). The SMILES string of the molecule is CCOC(=O)C1=C(N)Oc2n[nH]c(C)c2C1c1cc(=O)oc2cc(C)ccc12. The van der Waals surface area contributed by atoms with Gasteiger partial charge in [-0.3, -0.25) is 5.10 Å². The molecular weight excluding hydrogens is 362 g/mol. The highest BCUT2D eigenvalue weighted by atomic mass is 16.5. The van der Waals surface area contributed by atoms with Crippen LogP contribution < -0.4 is 16.1 Å². The number of carbonyl (C=O) groups excluding carboxylic acids is 1. The van der Waals surface area contributed by atoms with Gasteiger partial charge in [0.05, 0.1) is 12.5 Å². The average Bonchev–Trinajstić information content (AvgIpc) is 3.00. The summed E-state index contributed by atoms with van der Waals surface area (Å²) in [6, 6.07) is 6.91. The summed E-state index contributed by atoms with van der Waals surface area (Å²) in [6.45, 7) is 5.60. The molecule has 1 atom stereocenters. The largest absolute Gasteiger partial charge is 0.462 e. The molecule has 0 saturated carbocycles. The molecule has 3 N–H and O–H groups in total. The number of carbonyl (C=O) groups is 1. The van der Waals surface area contributed by atoms with Crippen LogP contribution in [0.5, 0.6) is 5.88 Å². The number of aryl methyl sites for hydroxylation is 2. The van der Waals surface area contributed by atoms with Crippen LogP contribution in [0.15, 0.2) is 44.9 Å². The van der Waals surface area contributed by atoms with Gasteiger partial charge in [-0.2, -0.15) is 0 Å². The number of fused-ring (bicyclic) bond motifs is 2. The maximum atomic E-state index is 12.7. The van der Waals surface area contributed by atoms with Crippen molar-refractivity contribution in [3.05, 3.63) is 68.5 Å². The molecule has 8 heteroatoms. The molecule has 1 aromatic carbocycles. The lowest BCUT2D eigenvalue weighted by Crippen LogP contribution is -2.28. The topological polar surface area (TPSA) is 120 Å². The van der Waals surface area contributed by atoms with Crippen molar-refractivity contribution in [1.82, 2.24) is 10.2 Å². The van der Waals surface area contributed by atoms with E-state index in [9.17, 15) is 9.59 Å². The Kier molecular flexibility index (Phi) is 4.18. The molecule has 1 aliphatic rings. The van der Waals surface area contributed by atoms with Gasteiger partial charge in [-0.1, -0.05) is 12.1 Å². The molecule has 4 rings (SSSR count).